The van der Waals surface area contributed by atoms with Gasteiger partial charge in [0.05, 0.1) is 17.8 Å². The molecule has 4 nitrogen and oxygen atoms in total. The van der Waals surface area contributed by atoms with Crippen LogP contribution in [0.2, 0.25) is 0 Å². The summed E-state index contributed by atoms with van der Waals surface area (Å²) in [4.78, 5) is 15.5. The van der Waals surface area contributed by atoms with Crippen molar-refractivity contribution in [2.45, 2.75) is 33.9 Å². The monoisotopic (exact) mass is 361 g/mol. The van der Waals surface area contributed by atoms with Gasteiger partial charge in [0.2, 0.25) is 0 Å². The molecule has 2 aromatic rings. The Balaban J connectivity index is 2.96. The van der Waals surface area contributed by atoms with Gasteiger partial charge in [-0.15, -0.1) is 0 Å². The molecule has 0 aliphatic rings. The lowest BCUT2D eigenvalue weighted by Crippen LogP contribution is -2.23. The van der Waals surface area contributed by atoms with Gasteiger partial charge >= 0.3 is 6.18 Å². The zero-order valence-corrected chi connectivity index (χ0v) is 14.8. The van der Waals surface area contributed by atoms with Crippen LogP contribution in [0, 0.1) is 19.4 Å². The van der Waals surface area contributed by atoms with Gasteiger partial charge in [-0.3, -0.25) is 4.79 Å². The Labute approximate surface area is 149 Å². The van der Waals surface area contributed by atoms with Gasteiger partial charge in [0.15, 0.2) is 0 Å². The van der Waals surface area contributed by atoms with Crippen molar-refractivity contribution in [1.82, 2.24) is 4.68 Å². The lowest BCUT2D eigenvalue weighted by atomic mass is 10.1. The highest BCUT2D eigenvalue weighted by atomic mass is 19.4. The van der Waals surface area contributed by atoms with Crippen molar-refractivity contribution in [2.24, 2.45) is 11.0 Å². The van der Waals surface area contributed by atoms with Crippen LogP contribution in [0.5, 0.6) is 0 Å². The van der Waals surface area contributed by atoms with Crippen molar-refractivity contribution in [3.63, 3.8) is 0 Å². The SMILES string of the molecule is [C-]#[N+]c1c(C(F)(F)F)cc(-c2cccc(C)c2)n(/N=C(\C)C(C)C)c1=O. The summed E-state index contributed by atoms with van der Waals surface area (Å²) in [5.41, 5.74) is -1.49. The summed E-state index contributed by atoms with van der Waals surface area (Å²) in [6.07, 6.45) is -4.81. The van der Waals surface area contributed by atoms with Crippen LogP contribution in [-0.2, 0) is 6.18 Å². The molecule has 0 saturated carbocycles. The molecule has 7 heteroatoms. The van der Waals surface area contributed by atoms with E-state index in [0.717, 1.165) is 16.3 Å². The molecule has 0 radical (unpaired) electrons. The average Bonchev–Trinajstić information content (AvgIpc) is 2.54. The van der Waals surface area contributed by atoms with Crippen LogP contribution in [-0.4, -0.2) is 10.4 Å². The van der Waals surface area contributed by atoms with Crippen LogP contribution in [0.15, 0.2) is 40.2 Å². The first-order valence-corrected chi connectivity index (χ1v) is 7.93. The molecule has 1 aromatic heterocycles. The van der Waals surface area contributed by atoms with E-state index in [1.165, 1.54) is 0 Å². The molecule has 0 N–H and O–H groups in total. The molecule has 1 heterocycles. The first-order valence-electron chi connectivity index (χ1n) is 7.93. The molecule has 0 aliphatic heterocycles. The maximum absolute atomic E-state index is 13.4. The Hall–Kier alpha value is -2.88. The Morgan fingerprint density at radius 1 is 1.27 bits per heavy atom. The number of rotatable bonds is 3. The summed E-state index contributed by atoms with van der Waals surface area (Å²) < 4.78 is 41.1. The molecule has 0 amide bonds. The van der Waals surface area contributed by atoms with E-state index in [1.807, 2.05) is 13.8 Å². The summed E-state index contributed by atoms with van der Waals surface area (Å²) >= 11 is 0. The van der Waals surface area contributed by atoms with E-state index in [4.69, 9.17) is 6.57 Å². The van der Waals surface area contributed by atoms with Gasteiger partial charge in [0, 0.05) is 11.3 Å². The lowest BCUT2D eigenvalue weighted by Gasteiger charge is -2.16. The van der Waals surface area contributed by atoms with Crippen LogP contribution in [0.3, 0.4) is 0 Å². The molecule has 1 aromatic carbocycles. The number of aryl methyl sites for hydroxylation is 1. The van der Waals surface area contributed by atoms with Crippen molar-refractivity contribution in [3.8, 4) is 11.3 Å². The highest BCUT2D eigenvalue weighted by Crippen LogP contribution is 2.37. The molecule has 136 valence electrons. The Morgan fingerprint density at radius 3 is 2.42 bits per heavy atom. The second-order valence-electron chi connectivity index (χ2n) is 6.28. The van der Waals surface area contributed by atoms with Crippen molar-refractivity contribution in [1.29, 1.82) is 0 Å². The minimum atomic E-state index is -4.81. The van der Waals surface area contributed by atoms with E-state index < -0.39 is 23.0 Å². The Bertz CT molecular complexity index is 963. The fraction of sp³-hybridized carbons (Fsp3) is 0.316. The minimum Gasteiger partial charge on any atom is -0.281 e. The normalized spacial score (nSPS) is 12.3. The first-order chi connectivity index (χ1) is 12.1. The molecular weight excluding hydrogens is 343 g/mol. The van der Waals surface area contributed by atoms with Gasteiger partial charge in [0.25, 0.3) is 11.2 Å². The summed E-state index contributed by atoms with van der Waals surface area (Å²) in [7, 11) is 0. The number of hydrogen-bond donors (Lipinski definition) is 0. The molecule has 0 spiro atoms. The number of halogens is 3. The summed E-state index contributed by atoms with van der Waals surface area (Å²) in [6, 6.07) is 7.58. The summed E-state index contributed by atoms with van der Waals surface area (Å²) in [5, 5.41) is 4.21. The number of pyridine rings is 1. The number of benzene rings is 1. The zero-order valence-electron chi connectivity index (χ0n) is 14.8. The molecule has 0 unspecified atom stereocenters. The van der Waals surface area contributed by atoms with Crippen LogP contribution in [0.4, 0.5) is 18.9 Å². The van der Waals surface area contributed by atoms with Crippen molar-refractivity contribution in [3.05, 3.63) is 63.2 Å². The minimum absolute atomic E-state index is 0.00146. The van der Waals surface area contributed by atoms with E-state index in [1.54, 1.807) is 38.1 Å². The van der Waals surface area contributed by atoms with Gasteiger partial charge in [0.1, 0.15) is 0 Å². The van der Waals surface area contributed by atoms with Crippen molar-refractivity contribution >= 4 is 11.4 Å². The second kappa shape index (κ2) is 7.16. The second-order valence-corrected chi connectivity index (χ2v) is 6.28. The van der Waals surface area contributed by atoms with Gasteiger partial charge < -0.3 is 0 Å². The third-order valence-electron chi connectivity index (χ3n) is 3.98. The highest BCUT2D eigenvalue weighted by molar-refractivity contribution is 5.84. The zero-order chi connectivity index (χ0) is 19.6. The predicted octanol–water partition coefficient (Wildman–Crippen LogP) is 5.27. The van der Waals surface area contributed by atoms with Crippen LogP contribution >= 0.6 is 0 Å². The van der Waals surface area contributed by atoms with E-state index in [9.17, 15) is 18.0 Å². The van der Waals surface area contributed by atoms with E-state index >= 15 is 0 Å². The third kappa shape index (κ3) is 3.85. The van der Waals surface area contributed by atoms with Crippen molar-refractivity contribution in [2.75, 3.05) is 0 Å². The topological polar surface area (TPSA) is 38.7 Å². The number of nitrogens with zero attached hydrogens (tertiary/aromatic N) is 3. The maximum atomic E-state index is 13.4. The quantitative estimate of drug-likeness (QED) is 0.542. The van der Waals surface area contributed by atoms with Crippen LogP contribution < -0.4 is 5.56 Å². The fourth-order valence-corrected chi connectivity index (χ4v) is 2.30. The lowest BCUT2D eigenvalue weighted by molar-refractivity contribution is -0.136. The number of hydrogen-bond acceptors (Lipinski definition) is 2. The highest BCUT2D eigenvalue weighted by Gasteiger charge is 2.36. The third-order valence-corrected chi connectivity index (χ3v) is 3.98. The van der Waals surface area contributed by atoms with Crippen LogP contribution in [0.1, 0.15) is 31.9 Å². The molecule has 2 rings (SSSR count). The van der Waals surface area contributed by atoms with E-state index in [2.05, 4.69) is 9.95 Å². The number of alkyl halides is 3. The van der Waals surface area contributed by atoms with Crippen molar-refractivity contribution < 1.29 is 13.2 Å². The Morgan fingerprint density at radius 2 is 1.92 bits per heavy atom. The largest absolute Gasteiger partial charge is 0.407 e. The first kappa shape index (κ1) is 19.4. The predicted molar refractivity (Wildman–Crippen MR) is 95.5 cm³/mol. The van der Waals surface area contributed by atoms with Gasteiger partial charge in [-0.1, -0.05) is 37.6 Å². The Kier molecular flexibility index (Phi) is 5.36. The van der Waals surface area contributed by atoms with Gasteiger partial charge in [-0.2, -0.15) is 18.3 Å². The fourth-order valence-electron chi connectivity index (χ4n) is 2.30. The molecule has 0 aliphatic carbocycles. The van der Waals surface area contributed by atoms with E-state index in [0.29, 0.717) is 11.3 Å². The maximum Gasteiger partial charge on any atom is 0.407 e. The average molecular weight is 361 g/mol. The summed E-state index contributed by atoms with van der Waals surface area (Å²) in [6.45, 7) is 14.2. The molecular formula is C19H18F3N3O. The molecule has 26 heavy (non-hydrogen) atoms. The van der Waals surface area contributed by atoms with Gasteiger partial charge in [-0.25, -0.2) is 9.52 Å². The van der Waals surface area contributed by atoms with Gasteiger partial charge in [-0.05, 0) is 31.9 Å². The molecule has 0 atom stereocenters. The van der Waals surface area contributed by atoms with Crippen LogP contribution in [0.25, 0.3) is 16.1 Å². The van der Waals surface area contributed by atoms with E-state index in [-0.39, 0.29) is 11.6 Å². The number of aromatic nitrogens is 1. The molecule has 0 bridgehead atoms. The summed E-state index contributed by atoms with van der Waals surface area (Å²) in [5.74, 6) is -0.00839. The molecule has 0 saturated heterocycles. The smallest absolute Gasteiger partial charge is 0.281 e. The standard InChI is InChI=1S/C19H18F3N3O/c1-11(2)13(4)24-25-16(14-8-6-7-12(3)9-14)10-15(19(20,21)22)17(23-5)18(25)26/h6-11H,1-4H3/b24-13+. The molecule has 0 fully saturated rings.